The van der Waals surface area contributed by atoms with Crippen LogP contribution in [-0.4, -0.2) is 24.1 Å². The fourth-order valence-electron chi connectivity index (χ4n) is 1.59. The van der Waals surface area contributed by atoms with Gasteiger partial charge in [-0.15, -0.1) is 0 Å². The number of hydrogen-bond acceptors (Lipinski definition) is 5. The fraction of sp³-hybridized carbons (Fsp3) is 0.231. The van der Waals surface area contributed by atoms with E-state index in [4.69, 9.17) is 5.73 Å². The van der Waals surface area contributed by atoms with Crippen LogP contribution in [0, 0.1) is 0 Å². The molecule has 2 rings (SSSR count). The van der Waals surface area contributed by atoms with Crippen LogP contribution in [0.5, 0.6) is 0 Å². The molecule has 3 N–H and O–H groups in total. The van der Waals surface area contributed by atoms with Crippen molar-refractivity contribution in [3.05, 3.63) is 42.1 Å². The van der Waals surface area contributed by atoms with Crippen LogP contribution in [0.2, 0.25) is 0 Å². The molecule has 0 spiro atoms. The summed E-state index contributed by atoms with van der Waals surface area (Å²) >= 11 is 0. The summed E-state index contributed by atoms with van der Waals surface area (Å²) in [5.41, 5.74) is 7.73. The van der Waals surface area contributed by atoms with E-state index in [9.17, 15) is 0 Å². The van der Waals surface area contributed by atoms with Gasteiger partial charge in [0.2, 0.25) is 5.95 Å². The minimum atomic E-state index is 0.495. The Morgan fingerprint density at radius 1 is 1.22 bits per heavy atom. The molecule has 0 aliphatic carbocycles. The van der Waals surface area contributed by atoms with E-state index in [2.05, 4.69) is 15.3 Å². The van der Waals surface area contributed by atoms with Crippen molar-refractivity contribution in [1.29, 1.82) is 0 Å². The summed E-state index contributed by atoms with van der Waals surface area (Å²) in [6.07, 6.45) is 1.73. The molecule has 0 aliphatic heterocycles. The first kappa shape index (κ1) is 12.3. The number of rotatable bonds is 4. The molecule has 1 aromatic heterocycles. The van der Waals surface area contributed by atoms with Gasteiger partial charge in [-0.1, -0.05) is 18.2 Å². The third-order valence-corrected chi connectivity index (χ3v) is 2.54. The van der Waals surface area contributed by atoms with Gasteiger partial charge in [0.25, 0.3) is 0 Å². The smallest absolute Gasteiger partial charge is 0.226 e. The summed E-state index contributed by atoms with van der Waals surface area (Å²) in [5.74, 6) is 1.43. The Kier molecular flexibility index (Phi) is 3.74. The molecule has 2 aromatic rings. The number of para-hydroxylation sites is 1. The Morgan fingerprint density at radius 2 is 2.00 bits per heavy atom. The van der Waals surface area contributed by atoms with Crippen molar-refractivity contribution in [2.75, 3.05) is 24.3 Å². The Hall–Kier alpha value is -2.14. The number of anilines is 3. The van der Waals surface area contributed by atoms with E-state index in [-0.39, 0.29) is 0 Å². The van der Waals surface area contributed by atoms with Crippen molar-refractivity contribution >= 4 is 17.5 Å². The minimum absolute atomic E-state index is 0.495. The van der Waals surface area contributed by atoms with Gasteiger partial charge in [-0.2, -0.15) is 4.98 Å². The first-order chi connectivity index (χ1) is 8.70. The van der Waals surface area contributed by atoms with Gasteiger partial charge in [-0.05, 0) is 17.7 Å². The van der Waals surface area contributed by atoms with E-state index < -0.39 is 0 Å². The molecule has 0 radical (unpaired) electrons. The average Bonchev–Trinajstić information content (AvgIpc) is 2.39. The van der Waals surface area contributed by atoms with Crippen molar-refractivity contribution in [3.8, 4) is 0 Å². The molecule has 18 heavy (non-hydrogen) atoms. The topological polar surface area (TPSA) is 67.1 Å². The molecule has 1 aromatic carbocycles. The van der Waals surface area contributed by atoms with Gasteiger partial charge >= 0.3 is 0 Å². The molecule has 0 aliphatic rings. The van der Waals surface area contributed by atoms with Crippen LogP contribution in [0.15, 0.2) is 36.5 Å². The predicted octanol–water partition coefficient (Wildman–Crippen LogP) is 1.74. The summed E-state index contributed by atoms with van der Waals surface area (Å²) in [5, 5.41) is 3.26. The van der Waals surface area contributed by atoms with Crippen LogP contribution in [0.3, 0.4) is 0 Å². The molecule has 94 valence electrons. The lowest BCUT2D eigenvalue weighted by atomic mass is 10.2. The van der Waals surface area contributed by atoms with Gasteiger partial charge in [-0.3, -0.25) is 0 Å². The zero-order valence-corrected chi connectivity index (χ0v) is 10.6. The molecule has 0 saturated carbocycles. The Morgan fingerprint density at radius 3 is 2.72 bits per heavy atom. The molecule has 0 saturated heterocycles. The van der Waals surface area contributed by atoms with Gasteiger partial charge in [0.05, 0.1) is 0 Å². The van der Waals surface area contributed by atoms with E-state index >= 15 is 0 Å². The van der Waals surface area contributed by atoms with Crippen molar-refractivity contribution in [2.24, 2.45) is 5.73 Å². The standard InChI is InChI=1S/C13H17N5/c1-18(2)13-15-8-7-12(17-13)16-11-6-4-3-5-10(11)9-14/h3-8H,9,14H2,1-2H3,(H,15,16,17). The largest absolute Gasteiger partial charge is 0.347 e. The van der Waals surface area contributed by atoms with E-state index in [0.717, 1.165) is 17.1 Å². The van der Waals surface area contributed by atoms with Gasteiger partial charge in [0.1, 0.15) is 5.82 Å². The molecule has 5 heteroatoms. The second kappa shape index (κ2) is 5.46. The maximum atomic E-state index is 5.70. The van der Waals surface area contributed by atoms with Crippen LogP contribution in [0.4, 0.5) is 17.5 Å². The van der Waals surface area contributed by atoms with Crippen LogP contribution in [0.1, 0.15) is 5.56 Å². The van der Waals surface area contributed by atoms with Crippen molar-refractivity contribution in [1.82, 2.24) is 9.97 Å². The summed E-state index contributed by atoms with van der Waals surface area (Å²) < 4.78 is 0. The molecule has 0 atom stereocenters. The fourth-order valence-corrected chi connectivity index (χ4v) is 1.59. The molecule has 0 fully saturated rings. The minimum Gasteiger partial charge on any atom is -0.347 e. The number of nitrogens with zero attached hydrogens (tertiary/aromatic N) is 3. The first-order valence-corrected chi connectivity index (χ1v) is 5.76. The molecular formula is C13H17N5. The Bertz CT molecular complexity index is 524. The lowest BCUT2D eigenvalue weighted by molar-refractivity contribution is 0.999. The highest BCUT2D eigenvalue weighted by Gasteiger charge is 2.03. The van der Waals surface area contributed by atoms with Crippen molar-refractivity contribution in [3.63, 3.8) is 0 Å². The number of benzene rings is 1. The first-order valence-electron chi connectivity index (χ1n) is 5.76. The number of nitrogens with one attached hydrogen (secondary N) is 1. The second-order valence-electron chi connectivity index (χ2n) is 4.12. The number of nitrogens with two attached hydrogens (primary N) is 1. The maximum Gasteiger partial charge on any atom is 0.226 e. The average molecular weight is 243 g/mol. The molecular weight excluding hydrogens is 226 g/mol. The summed E-state index contributed by atoms with van der Waals surface area (Å²) in [6.45, 7) is 0.495. The monoisotopic (exact) mass is 243 g/mol. The lowest BCUT2D eigenvalue weighted by Crippen LogP contribution is -2.13. The zero-order chi connectivity index (χ0) is 13.0. The van der Waals surface area contributed by atoms with Crippen molar-refractivity contribution in [2.45, 2.75) is 6.54 Å². The number of hydrogen-bond donors (Lipinski definition) is 2. The van der Waals surface area contributed by atoms with Crippen LogP contribution < -0.4 is 16.0 Å². The Balaban J connectivity index is 2.25. The Labute approximate surface area is 107 Å². The molecule has 0 unspecified atom stereocenters. The maximum absolute atomic E-state index is 5.70. The summed E-state index contributed by atoms with van der Waals surface area (Å²) in [4.78, 5) is 10.4. The highest BCUT2D eigenvalue weighted by Crippen LogP contribution is 2.19. The van der Waals surface area contributed by atoms with Gasteiger partial charge < -0.3 is 16.0 Å². The summed E-state index contributed by atoms with van der Waals surface area (Å²) in [6, 6.07) is 9.75. The van der Waals surface area contributed by atoms with E-state index in [1.165, 1.54) is 0 Å². The molecule has 5 nitrogen and oxygen atoms in total. The highest BCUT2D eigenvalue weighted by molar-refractivity contribution is 5.61. The number of aromatic nitrogens is 2. The quantitative estimate of drug-likeness (QED) is 0.856. The lowest BCUT2D eigenvalue weighted by Gasteiger charge is -2.13. The summed E-state index contributed by atoms with van der Waals surface area (Å²) in [7, 11) is 3.82. The SMILES string of the molecule is CN(C)c1nccc(Nc2ccccc2CN)n1. The van der Waals surface area contributed by atoms with E-state index in [1.807, 2.05) is 49.3 Å². The van der Waals surface area contributed by atoms with E-state index in [0.29, 0.717) is 12.5 Å². The molecule has 0 bridgehead atoms. The van der Waals surface area contributed by atoms with Crippen LogP contribution in [0.25, 0.3) is 0 Å². The third-order valence-electron chi connectivity index (χ3n) is 2.54. The highest BCUT2D eigenvalue weighted by atomic mass is 15.2. The predicted molar refractivity (Wildman–Crippen MR) is 74.0 cm³/mol. The normalized spacial score (nSPS) is 10.2. The van der Waals surface area contributed by atoms with Crippen molar-refractivity contribution < 1.29 is 0 Å². The zero-order valence-electron chi connectivity index (χ0n) is 10.6. The second-order valence-corrected chi connectivity index (χ2v) is 4.12. The molecule has 0 amide bonds. The van der Waals surface area contributed by atoms with Crippen LogP contribution >= 0.6 is 0 Å². The van der Waals surface area contributed by atoms with Crippen LogP contribution in [-0.2, 0) is 6.54 Å². The third kappa shape index (κ3) is 2.75. The van der Waals surface area contributed by atoms with E-state index in [1.54, 1.807) is 6.20 Å². The van der Waals surface area contributed by atoms with Gasteiger partial charge in [0, 0.05) is 32.5 Å². The molecule has 1 heterocycles. The van der Waals surface area contributed by atoms with Gasteiger partial charge in [0.15, 0.2) is 0 Å². The van der Waals surface area contributed by atoms with Gasteiger partial charge in [-0.25, -0.2) is 4.98 Å².